The van der Waals surface area contributed by atoms with Crippen molar-refractivity contribution in [3.63, 3.8) is 0 Å². The number of nitrogens with zero attached hydrogens (tertiary/aromatic N) is 1. The molecule has 1 rings (SSSR count). The molecule has 0 aromatic rings. The molecule has 21 heavy (non-hydrogen) atoms. The minimum atomic E-state index is 0.728. The number of piperazine rings is 1. The normalized spacial score (nSPS) is 24.1. The fourth-order valence-electron chi connectivity index (χ4n) is 3.58. The lowest BCUT2D eigenvalue weighted by molar-refractivity contribution is 0.0936. The summed E-state index contributed by atoms with van der Waals surface area (Å²) in [5.41, 5.74) is 0. The van der Waals surface area contributed by atoms with Crippen LogP contribution in [-0.4, -0.2) is 36.6 Å². The van der Waals surface area contributed by atoms with Crippen LogP contribution in [0.1, 0.15) is 79.6 Å². The van der Waals surface area contributed by atoms with Gasteiger partial charge in [0.1, 0.15) is 0 Å². The summed E-state index contributed by atoms with van der Waals surface area (Å²) < 4.78 is 0. The van der Waals surface area contributed by atoms with Crippen molar-refractivity contribution in [3.8, 4) is 0 Å². The molecule has 2 atom stereocenters. The molecule has 0 spiro atoms. The molecule has 0 saturated carbocycles. The van der Waals surface area contributed by atoms with Crippen LogP contribution in [0, 0.1) is 11.8 Å². The van der Waals surface area contributed by atoms with Gasteiger partial charge in [-0.2, -0.15) is 0 Å². The average Bonchev–Trinajstić information content (AvgIpc) is 2.42. The highest BCUT2D eigenvalue weighted by molar-refractivity contribution is 4.87. The van der Waals surface area contributed by atoms with E-state index in [1.54, 1.807) is 0 Å². The van der Waals surface area contributed by atoms with E-state index < -0.39 is 0 Å². The van der Waals surface area contributed by atoms with Crippen molar-refractivity contribution in [1.29, 1.82) is 0 Å². The van der Waals surface area contributed by atoms with Gasteiger partial charge in [-0.05, 0) is 31.2 Å². The highest BCUT2D eigenvalue weighted by Gasteiger charge is 2.28. The van der Waals surface area contributed by atoms with Crippen LogP contribution in [0.4, 0.5) is 0 Å². The van der Waals surface area contributed by atoms with Crippen molar-refractivity contribution < 1.29 is 0 Å². The van der Waals surface area contributed by atoms with Crippen molar-refractivity contribution in [2.45, 2.75) is 91.6 Å². The molecule has 1 heterocycles. The molecule has 0 radical (unpaired) electrons. The molecular weight excluding hydrogens is 256 g/mol. The lowest BCUT2D eigenvalue weighted by Crippen LogP contribution is -2.58. The smallest absolute Gasteiger partial charge is 0.0244 e. The topological polar surface area (TPSA) is 15.3 Å². The summed E-state index contributed by atoms with van der Waals surface area (Å²) in [5.74, 6) is 1.64. The van der Waals surface area contributed by atoms with Gasteiger partial charge in [0.2, 0.25) is 0 Å². The zero-order valence-corrected chi connectivity index (χ0v) is 15.3. The molecule has 126 valence electrons. The fraction of sp³-hybridized carbons (Fsp3) is 1.00. The number of hydrogen-bond acceptors (Lipinski definition) is 2. The van der Waals surface area contributed by atoms with E-state index in [9.17, 15) is 0 Å². The molecule has 0 bridgehead atoms. The summed E-state index contributed by atoms with van der Waals surface area (Å²) >= 11 is 0. The largest absolute Gasteiger partial charge is 0.311 e. The Kier molecular flexibility index (Phi) is 9.59. The molecule has 1 fully saturated rings. The molecule has 1 N–H and O–H groups in total. The third kappa shape index (κ3) is 7.65. The van der Waals surface area contributed by atoms with Crippen LogP contribution < -0.4 is 5.32 Å². The standard InChI is InChI=1S/C19H40N2/c1-6-11-18-15-21(19(14-20-18)17(4)5)13-10-8-7-9-12-16(2)3/h16-20H,6-15H2,1-5H3. The first-order valence-corrected chi connectivity index (χ1v) is 9.52. The van der Waals surface area contributed by atoms with Crippen LogP contribution in [0.3, 0.4) is 0 Å². The van der Waals surface area contributed by atoms with E-state index in [-0.39, 0.29) is 0 Å². The minimum absolute atomic E-state index is 0.728. The van der Waals surface area contributed by atoms with Crippen LogP contribution in [0.25, 0.3) is 0 Å². The van der Waals surface area contributed by atoms with Crippen molar-refractivity contribution in [1.82, 2.24) is 10.2 Å². The van der Waals surface area contributed by atoms with Crippen molar-refractivity contribution in [2.24, 2.45) is 11.8 Å². The number of hydrogen-bond donors (Lipinski definition) is 1. The highest BCUT2D eigenvalue weighted by Crippen LogP contribution is 2.18. The van der Waals surface area contributed by atoms with E-state index in [1.807, 2.05) is 0 Å². The predicted molar refractivity (Wildman–Crippen MR) is 94.8 cm³/mol. The summed E-state index contributed by atoms with van der Waals surface area (Å²) in [6.07, 6.45) is 9.68. The quantitative estimate of drug-likeness (QED) is 0.588. The number of nitrogens with one attached hydrogen (secondary N) is 1. The minimum Gasteiger partial charge on any atom is -0.311 e. The molecule has 2 unspecified atom stereocenters. The van der Waals surface area contributed by atoms with Gasteiger partial charge in [0, 0.05) is 25.2 Å². The van der Waals surface area contributed by atoms with Crippen LogP contribution >= 0.6 is 0 Å². The molecule has 1 aliphatic rings. The van der Waals surface area contributed by atoms with Crippen molar-refractivity contribution in [2.75, 3.05) is 19.6 Å². The second-order valence-corrected chi connectivity index (χ2v) is 7.80. The van der Waals surface area contributed by atoms with Gasteiger partial charge in [-0.25, -0.2) is 0 Å². The third-order valence-corrected chi connectivity index (χ3v) is 4.92. The van der Waals surface area contributed by atoms with Crippen LogP contribution in [0.5, 0.6) is 0 Å². The summed E-state index contributed by atoms with van der Waals surface area (Å²) in [4.78, 5) is 2.78. The summed E-state index contributed by atoms with van der Waals surface area (Å²) in [6, 6.07) is 1.47. The van der Waals surface area contributed by atoms with E-state index in [0.717, 1.165) is 23.9 Å². The maximum Gasteiger partial charge on any atom is 0.0244 e. The van der Waals surface area contributed by atoms with Crippen molar-refractivity contribution >= 4 is 0 Å². The van der Waals surface area contributed by atoms with Gasteiger partial charge in [0.05, 0.1) is 0 Å². The Labute approximate surface area is 134 Å². The number of unbranched alkanes of at least 4 members (excludes halogenated alkanes) is 3. The van der Waals surface area contributed by atoms with Gasteiger partial charge in [-0.1, -0.05) is 66.7 Å². The first-order valence-electron chi connectivity index (χ1n) is 9.52. The molecular formula is C19H40N2. The Balaban J connectivity index is 2.26. The SMILES string of the molecule is CCCC1CN(CCCCCCC(C)C)C(C(C)C)CN1. The van der Waals surface area contributed by atoms with Crippen LogP contribution in [0.2, 0.25) is 0 Å². The maximum atomic E-state index is 3.76. The molecule has 1 saturated heterocycles. The van der Waals surface area contributed by atoms with Crippen molar-refractivity contribution in [3.05, 3.63) is 0 Å². The monoisotopic (exact) mass is 296 g/mol. The molecule has 2 heteroatoms. The number of rotatable bonds is 10. The summed E-state index contributed by atoms with van der Waals surface area (Å²) in [7, 11) is 0. The molecule has 0 aromatic carbocycles. The Morgan fingerprint density at radius 2 is 1.76 bits per heavy atom. The molecule has 2 nitrogen and oxygen atoms in total. The molecule has 1 aliphatic heterocycles. The van der Waals surface area contributed by atoms with Gasteiger partial charge in [0.25, 0.3) is 0 Å². The van der Waals surface area contributed by atoms with Gasteiger partial charge in [0.15, 0.2) is 0 Å². The second kappa shape index (κ2) is 10.6. The van der Waals surface area contributed by atoms with E-state index in [2.05, 4.69) is 44.8 Å². The lowest BCUT2D eigenvalue weighted by Gasteiger charge is -2.42. The third-order valence-electron chi connectivity index (χ3n) is 4.92. The van der Waals surface area contributed by atoms with Gasteiger partial charge < -0.3 is 5.32 Å². The van der Waals surface area contributed by atoms with E-state index >= 15 is 0 Å². The maximum absolute atomic E-state index is 3.76. The lowest BCUT2D eigenvalue weighted by atomic mass is 9.96. The molecule has 0 amide bonds. The second-order valence-electron chi connectivity index (χ2n) is 7.80. The Bertz CT molecular complexity index is 250. The first-order chi connectivity index (χ1) is 10.0. The van der Waals surface area contributed by atoms with Gasteiger partial charge in [-0.3, -0.25) is 4.90 Å². The van der Waals surface area contributed by atoms with Gasteiger partial charge >= 0.3 is 0 Å². The van der Waals surface area contributed by atoms with Crippen LogP contribution in [0.15, 0.2) is 0 Å². The highest BCUT2D eigenvalue weighted by atomic mass is 15.2. The zero-order chi connectivity index (χ0) is 15.7. The predicted octanol–water partition coefficient (Wildman–Crippen LogP) is 4.69. The zero-order valence-electron chi connectivity index (χ0n) is 15.3. The molecule has 0 aromatic heterocycles. The first kappa shape index (κ1) is 19.0. The summed E-state index contributed by atoms with van der Waals surface area (Å²) in [5, 5.41) is 3.76. The van der Waals surface area contributed by atoms with E-state index in [4.69, 9.17) is 0 Å². The van der Waals surface area contributed by atoms with Gasteiger partial charge in [-0.15, -0.1) is 0 Å². The van der Waals surface area contributed by atoms with E-state index in [0.29, 0.717) is 0 Å². The average molecular weight is 297 g/mol. The van der Waals surface area contributed by atoms with Crippen LogP contribution in [-0.2, 0) is 0 Å². The Hall–Kier alpha value is -0.0800. The Morgan fingerprint density at radius 1 is 1.05 bits per heavy atom. The molecule has 0 aliphatic carbocycles. The summed E-state index contributed by atoms with van der Waals surface area (Å²) in [6.45, 7) is 15.5. The van der Waals surface area contributed by atoms with E-state index in [1.165, 1.54) is 64.6 Å². The Morgan fingerprint density at radius 3 is 2.38 bits per heavy atom. The fourth-order valence-corrected chi connectivity index (χ4v) is 3.58.